The second-order valence-electron chi connectivity index (χ2n) is 7.98. The fourth-order valence-electron chi connectivity index (χ4n) is 4.31. The summed E-state index contributed by atoms with van der Waals surface area (Å²) in [4.78, 5) is 24.8. The molecule has 1 saturated heterocycles. The molecule has 2 aliphatic rings. The van der Waals surface area contributed by atoms with E-state index < -0.39 is 5.82 Å². The maximum absolute atomic E-state index is 14.5. The molecule has 1 aromatic heterocycles. The van der Waals surface area contributed by atoms with Gasteiger partial charge in [0, 0.05) is 48.1 Å². The van der Waals surface area contributed by atoms with Gasteiger partial charge in [0.25, 0.3) is 5.91 Å². The average Bonchev–Trinajstić information content (AvgIpc) is 3.12. The SMILES string of the molecule is CCC1CN(C(=O)c2cc(-c3ccc(O)cc3F)nc3c2C(C)=NC3)C(CC)CN1. The van der Waals surface area contributed by atoms with Gasteiger partial charge in [-0.2, -0.15) is 0 Å². The van der Waals surface area contributed by atoms with Crippen molar-refractivity contribution in [3.63, 3.8) is 0 Å². The van der Waals surface area contributed by atoms with Crippen LogP contribution < -0.4 is 5.32 Å². The summed E-state index contributed by atoms with van der Waals surface area (Å²) >= 11 is 0. The molecule has 3 heterocycles. The number of fused-ring (bicyclic) bond motifs is 1. The van der Waals surface area contributed by atoms with Gasteiger partial charge in [-0.1, -0.05) is 13.8 Å². The summed E-state index contributed by atoms with van der Waals surface area (Å²) in [7, 11) is 0. The van der Waals surface area contributed by atoms with Gasteiger partial charge in [-0.05, 0) is 38.0 Å². The van der Waals surface area contributed by atoms with Crippen molar-refractivity contribution >= 4 is 11.6 Å². The Morgan fingerprint density at radius 2 is 2.10 bits per heavy atom. The van der Waals surface area contributed by atoms with E-state index in [-0.39, 0.29) is 29.3 Å². The first-order chi connectivity index (χ1) is 14.4. The van der Waals surface area contributed by atoms with Gasteiger partial charge >= 0.3 is 0 Å². The number of halogens is 1. The van der Waals surface area contributed by atoms with Crippen molar-refractivity contribution in [3.05, 3.63) is 46.9 Å². The van der Waals surface area contributed by atoms with Crippen LogP contribution in [0.2, 0.25) is 0 Å². The molecule has 0 aliphatic carbocycles. The molecule has 2 N–H and O–H groups in total. The summed E-state index contributed by atoms with van der Waals surface area (Å²) in [6.45, 7) is 7.87. The van der Waals surface area contributed by atoms with Crippen molar-refractivity contribution in [1.29, 1.82) is 0 Å². The summed E-state index contributed by atoms with van der Waals surface area (Å²) in [5, 5.41) is 13.1. The fourth-order valence-corrected chi connectivity index (χ4v) is 4.31. The highest BCUT2D eigenvalue weighted by molar-refractivity contribution is 6.11. The number of carbonyl (C=O) groups is 1. The Labute approximate surface area is 175 Å². The number of amides is 1. The van der Waals surface area contributed by atoms with Crippen LogP contribution in [0.1, 0.15) is 55.2 Å². The molecule has 0 spiro atoms. The number of aromatic hydroxyl groups is 1. The Morgan fingerprint density at radius 3 is 2.80 bits per heavy atom. The Morgan fingerprint density at radius 1 is 1.30 bits per heavy atom. The number of piperazine rings is 1. The molecule has 4 rings (SSSR count). The van der Waals surface area contributed by atoms with E-state index in [1.54, 1.807) is 6.07 Å². The van der Waals surface area contributed by atoms with Gasteiger partial charge in [0.05, 0.1) is 23.5 Å². The minimum absolute atomic E-state index is 0.0580. The van der Waals surface area contributed by atoms with Crippen LogP contribution >= 0.6 is 0 Å². The molecule has 158 valence electrons. The van der Waals surface area contributed by atoms with Gasteiger partial charge < -0.3 is 15.3 Å². The topological polar surface area (TPSA) is 77.8 Å². The van der Waals surface area contributed by atoms with Crippen molar-refractivity contribution in [1.82, 2.24) is 15.2 Å². The number of carbonyl (C=O) groups excluding carboxylic acids is 1. The number of phenols is 1. The molecule has 1 fully saturated rings. The number of benzene rings is 1. The van der Waals surface area contributed by atoms with E-state index in [0.717, 1.165) is 36.7 Å². The minimum atomic E-state index is -0.573. The van der Waals surface area contributed by atoms with E-state index in [1.807, 2.05) is 11.8 Å². The molecule has 6 nitrogen and oxygen atoms in total. The van der Waals surface area contributed by atoms with Crippen molar-refractivity contribution in [2.24, 2.45) is 4.99 Å². The van der Waals surface area contributed by atoms with Gasteiger partial charge in [0.2, 0.25) is 0 Å². The molecule has 0 saturated carbocycles. The lowest BCUT2D eigenvalue weighted by molar-refractivity contribution is 0.0575. The monoisotopic (exact) mass is 410 g/mol. The Kier molecular flexibility index (Phi) is 5.56. The first-order valence-corrected chi connectivity index (χ1v) is 10.5. The Bertz CT molecular complexity index is 1020. The van der Waals surface area contributed by atoms with Gasteiger partial charge in [-0.3, -0.25) is 9.79 Å². The van der Waals surface area contributed by atoms with Gasteiger partial charge in [-0.15, -0.1) is 0 Å². The molecule has 0 bridgehead atoms. The quantitative estimate of drug-likeness (QED) is 0.809. The molecule has 2 aliphatic heterocycles. The first kappa shape index (κ1) is 20.5. The molecular weight excluding hydrogens is 383 g/mol. The second kappa shape index (κ2) is 8.14. The van der Waals surface area contributed by atoms with E-state index in [1.165, 1.54) is 12.1 Å². The number of nitrogens with zero attached hydrogens (tertiary/aromatic N) is 3. The average molecular weight is 410 g/mol. The van der Waals surface area contributed by atoms with Crippen LogP contribution in [-0.2, 0) is 6.54 Å². The molecule has 2 unspecified atom stereocenters. The highest BCUT2D eigenvalue weighted by atomic mass is 19.1. The van der Waals surface area contributed by atoms with Crippen LogP contribution in [0.15, 0.2) is 29.3 Å². The zero-order valence-electron chi connectivity index (χ0n) is 17.6. The highest BCUT2D eigenvalue weighted by Crippen LogP contribution is 2.31. The first-order valence-electron chi connectivity index (χ1n) is 10.5. The molecule has 0 radical (unpaired) electrons. The van der Waals surface area contributed by atoms with Crippen LogP contribution in [0.25, 0.3) is 11.3 Å². The number of rotatable bonds is 4. The smallest absolute Gasteiger partial charge is 0.255 e. The van der Waals surface area contributed by atoms with Crippen LogP contribution in [0.4, 0.5) is 4.39 Å². The summed E-state index contributed by atoms with van der Waals surface area (Å²) in [5.41, 5.74) is 3.41. The van der Waals surface area contributed by atoms with Gasteiger partial charge in [0.15, 0.2) is 0 Å². The number of hydrogen-bond acceptors (Lipinski definition) is 5. The maximum Gasteiger partial charge on any atom is 0.255 e. The summed E-state index contributed by atoms with van der Waals surface area (Å²) in [5.74, 6) is -0.779. The van der Waals surface area contributed by atoms with Crippen molar-refractivity contribution in [2.45, 2.75) is 52.2 Å². The van der Waals surface area contributed by atoms with E-state index >= 15 is 0 Å². The number of phenolic OH excluding ortho intramolecular Hbond substituents is 1. The third-order valence-corrected chi connectivity index (χ3v) is 6.11. The van der Waals surface area contributed by atoms with E-state index in [0.29, 0.717) is 30.0 Å². The molecular formula is C23H27FN4O2. The molecule has 1 aromatic carbocycles. The van der Waals surface area contributed by atoms with E-state index in [4.69, 9.17) is 0 Å². The summed E-state index contributed by atoms with van der Waals surface area (Å²) in [6, 6.07) is 6.01. The largest absolute Gasteiger partial charge is 0.508 e. The van der Waals surface area contributed by atoms with Gasteiger partial charge in [-0.25, -0.2) is 9.37 Å². The Balaban J connectivity index is 1.81. The van der Waals surface area contributed by atoms with Crippen LogP contribution in [0.5, 0.6) is 5.75 Å². The van der Waals surface area contributed by atoms with Crippen LogP contribution in [0, 0.1) is 5.82 Å². The number of aliphatic imine (C=N–C) groups is 1. The predicted molar refractivity (Wildman–Crippen MR) is 114 cm³/mol. The van der Waals surface area contributed by atoms with Gasteiger partial charge in [0.1, 0.15) is 11.6 Å². The zero-order valence-corrected chi connectivity index (χ0v) is 17.6. The fraction of sp³-hybridized carbons (Fsp3) is 0.435. The number of hydrogen-bond donors (Lipinski definition) is 2. The highest BCUT2D eigenvalue weighted by Gasteiger charge is 2.33. The standard InChI is InChI=1S/C23H27FN4O2/c1-4-14-12-28(15(5-2)10-26-14)23(30)18-9-20(17-7-6-16(29)8-19(17)24)27-21-11-25-13(3)22(18)21/h6-9,14-15,26,29H,4-5,10-12H2,1-3H3. The normalized spacial score (nSPS) is 20.8. The third kappa shape index (κ3) is 3.58. The number of pyridine rings is 1. The third-order valence-electron chi connectivity index (χ3n) is 6.11. The van der Waals surface area contributed by atoms with Crippen molar-refractivity contribution < 1.29 is 14.3 Å². The van der Waals surface area contributed by atoms with E-state index in [9.17, 15) is 14.3 Å². The number of nitrogens with one attached hydrogen (secondary N) is 1. The van der Waals surface area contributed by atoms with Crippen molar-refractivity contribution in [3.8, 4) is 17.0 Å². The lowest BCUT2D eigenvalue weighted by Crippen LogP contribution is -2.58. The lowest BCUT2D eigenvalue weighted by Gasteiger charge is -2.40. The minimum Gasteiger partial charge on any atom is -0.508 e. The van der Waals surface area contributed by atoms with Crippen LogP contribution in [0.3, 0.4) is 0 Å². The van der Waals surface area contributed by atoms with E-state index in [2.05, 4.69) is 29.1 Å². The lowest BCUT2D eigenvalue weighted by atomic mass is 9.97. The molecule has 2 aromatic rings. The number of aromatic nitrogens is 1. The summed E-state index contributed by atoms with van der Waals surface area (Å²) in [6.07, 6.45) is 1.80. The molecule has 30 heavy (non-hydrogen) atoms. The second-order valence-corrected chi connectivity index (χ2v) is 7.98. The molecule has 7 heteroatoms. The van der Waals surface area contributed by atoms with Crippen molar-refractivity contribution in [2.75, 3.05) is 13.1 Å². The Hall–Kier alpha value is -2.80. The zero-order chi connectivity index (χ0) is 21.4. The van der Waals surface area contributed by atoms with Crippen LogP contribution in [-0.4, -0.2) is 51.8 Å². The maximum atomic E-state index is 14.5. The molecule has 2 atom stereocenters. The predicted octanol–water partition coefficient (Wildman–Crippen LogP) is 3.52. The molecule has 1 amide bonds. The summed E-state index contributed by atoms with van der Waals surface area (Å²) < 4.78 is 14.5.